The van der Waals surface area contributed by atoms with Crippen molar-refractivity contribution in [3.05, 3.63) is 30.0 Å². The summed E-state index contributed by atoms with van der Waals surface area (Å²) < 4.78 is 10.7. The number of likely N-dealkylation sites (tertiary alicyclic amines) is 1. The van der Waals surface area contributed by atoms with Crippen LogP contribution in [-0.2, 0) is 6.54 Å². The topological polar surface area (TPSA) is 78.8 Å². The fourth-order valence-electron chi connectivity index (χ4n) is 3.23. The van der Waals surface area contributed by atoms with E-state index >= 15 is 0 Å². The Morgan fingerprint density at radius 3 is 2.96 bits per heavy atom. The third-order valence-electron chi connectivity index (χ3n) is 4.56. The van der Waals surface area contributed by atoms with E-state index in [9.17, 15) is 5.11 Å². The molecule has 7 nitrogen and oxygen atoms in total. The Kier molecular flexibility index (Phi) is 5.52. The van der Waals surface area contributed by atoms with Crippen LogP contribution in [0.15, 0.2) is 27.3 Å². The van der Waals surface area contributed by atoms with Crippen LogP contribution in [0.2, 0.25) is 0 Å². The van der Waals surface area contributed by atoms with Crippen LogP contribution in [0.4, 0.5) is 5.95 Å². The Balaban J connectivity index is 1.67. The molecule has 2 aromatic rings. The quantitative estimate of drug-likeness (QED) is 0.870. The fourth-order valence-corrected chi connectivity index (χ4v) is 3.23. The average Bonchev–Trinajstić information content (AvgIpc) is 3.20. The summed E-state index contributed by atoms with van der Waals surface area (Å²) in [5.74, 6) is 1.84. The van der Waals surface area contributed by atoms with Gasteiger partial charge in [0, 0.05) is 20.1 Å². The highest BCUT2D eigenvalue weighted by atomic mass is 16.5. The predicted octanol–water partition coefficient (Wildman–Crippen LogP) is 2.60. The van der Waals surface area contributed by atoms with Crippen LogP contribution in [-0.4, -0.2) is 46.8 Å². The molecule has 0 saturated carbocycles. The molecule has 0 bridgehead atoms. The van der Waals surface area contributed by atoms with Crippen LogP contribution in [0, 0.1) is 0 Å². The molecule has 132 valence electrons. The maximum absolute atomic E-state index is 10.4. The van der Waals surface area contributed by atoms with Crippen molar-refractivity contribution in [2.75, 3.05) is 25.5 Å². The number of hydrogen-bond donors (Lipinski definition) is 1. The highest BCUT2D eigenvalue weighted by molar-refractivity contribution is 5.23. The lowest BCUT2D eigenvalue weighted by Gasteiger charge is -2.29. The number of rotatable bonds is 6. The van der Waals surface area contributed by atoms with Gasteiger partial charge in [0.2, 0.25) is 5.89 Å². The van der Waals surface area contributed by atoms with Crippen molar-refractivity contribution in [1.29, 1.82) is 0 Å². The van der Waals surface area contributed by atoms with Gasteiger partial charge < -0.3 is 18.9 Å². The molecule has 0 unspecified atom stereocenters. The predicted molar refractivity (Wildman–Crippen MR) is 89.6 cm³/mol. The first-order valence-electron chi connectivity index (χ1n) is 8.59. The molecule has 1 aliphatic rings. The maximum atomic E-state index is 10.4. The van der Waals surface area contributed by atoms with Gasteiger partial charge in [-0.1, -0.05) is 12.8 Å². The molecule has 2 atom stereocenters. The van der Waals surface area contributed by atoms with Gasteiger partial charge in [0.1, 0.15) is 11.9 Å². The van der Waals surface area contributed by atoms with Crippen molar-refractivity contribution in [3.8, 4) is 0 Å². The summed E-state index contributed by atoms with van der Waals surface area (Å²) in [4.78, 5) is 8.60. The largest absolute Gasteiger partial charge is 0.467 e. The highest BCUT2D eigenvalue weighted by Crippen LogP contribution is 2.27. The minimum atomic E-state index is -0.578. The van der Waals surface area contributed by atoms with E-state index in [4.69, 9.17) is 8.94 Å². The average molecular weight is 334 g/mol. The van der Waals surface area contributed by atoms with Gasteiger partial charge in [-0.05, 0) is 43.1 Å². The van der Waals surface area contributed by atoms with E-state index in [2.05, 4.69) is 15.0 Å². The second-order valence-electron chi connectivity index (χ2n) is 6.62. The number of aliphatic hydroxyl groups is 1. The Hall–Kier alpha value is -1.86. The van der Waals surface area contributed by atoms with E-state index < -0.39 is 6.10 Å². The first-order valence-corrected chi connectivity index (χ1v) is 8.59. The van der Waals surface area contributed by atoms with E-state index in [0.29, 0.717) is 30.6 Å². The standard InChI is InChI=1S/C17H26N4O3/c1-20(2)17-18-16(24-19-17)12-21-9-5-3-4-7-13(21)11-14(22)15-8-6-10-23-15/h6,8,10,13-14,22H,3-5,7,9,11-12H2,1-2H3/t13-,14-/m1/s1. The molecule has 1 fully saturated rings. The van der Waals surface area contributed by atoms with Gasteiger partial charge >= 0.3 is 0 Å². The molecule has 3 rings (SSSR count). The minimum absolute atomic E-state index is 0.280. The zero-order chi connectivity index (χ0) is 16.9. The molecule has 0 radical (unpaired) electrons. The molecule has 3 heterocycles. The normalized spacial score (nSPS) is 20.7. The molecule has 1 saturated heterocycles. The molecule has 0 amide bonds. The first kappa shape index (κ1) is 17.0. The molecule has 7 heteroatoms. The van der Waals surface area contributed by atoms with Gasteiger partial charge in [-0.3, -0.25) is 4.90 Å². The number of hydrogen-bond acceptors (Lipinski definition) is 7. The first-order chi connectivity index (χ1) is 11.6. The van der Waals surface area contributed by atoms with Crippen LogP contribution in [0.5, 0.6) is 0 Å². The van der Waals surface area contributed by atoms with Gasteiger partial charge in [-0.25, -0.2) is 0 Å². The van der Waals surface area contributed by atoms with E-state index in [1.165, 1.54) is 12.8 Å². The smallest absolute Gasteiger partial charge is 0.265 e. The molecule has 0 aliphatic carbocycles. The van der Waals surface area contributed by atoms with Crippen molar-refractivity contribution in [3.63, 3.8) is 0 Å². The maximum Gasteiger partial charge on any atom is 0.265 e. The minimum Gasteiger partial charge on any atom is -0.467 e. The summed E-state index contributed by atoms with van der Waals surface area (Å²) in [5.41, 5.74) is 0. The molecule has 0 spiro atoms. The summed E-state index contributed by atoms with van der Waals surface area (Å²) in [7, 11) is 3.78. The molecular formula is C17H26N4O3. The molecular weight excluding hydrogens is 308 g/mol. The van der Waals surface area contributed by atoms with E-state index in [1.54, 1.807) is 6.26 Å². The molecule has 1 N–H and O–H groups in total. The van der Waals surface area contributed by atoms with E-state index in [0.717, 1.165) is 19.4 Å². The van der Waals surface area contributed by atoms with Crippen molar-refractivity contribution < 1.29 is 14.0 Å². The summed E-state index contributed by atoms with van der Waals surface area (Å²) >= 11 is 0. The van der Waals surface area contributed by atoms with Gasteiger partial charge in [0.15, 0.2) is 0 Å². The summed E-state index contributed by atoms with van der Waals surface area (Å²) in [6, 6.07) is 3.92. The zero-order valence-corrected chi connectivity index (χ0v) is 14.4. The summed E-state index contributed by atoms with van der Waals surface area (Å²) in [6.07, 6.45) is 6.29. The van der Waals surface area contributed by atoms with Crippen LogP contribution in [0.1, 0.15) is 49.9 Å². The number of nitrogens with zero attached hydrogens (tertiary/aromatic N) is 4. The second kappa shape index (κ2) is 7.81. The van der Waals surface area contributed by atoms with Crippen molar-refractivity contribution in [2.45, 2.75) is 50.8 Å². The number of aliphatic hydroxyl groups excluding tert-OH is 1. The highest BCUT2D eigenvalue weighted by Gasteiger charge is 2.26. The van der Waals surface area contributed by atoms with Crippen LogP contribution in [0.3, 0.4) is 0 Å². The lowest BCUT2D eigenvalue weighted by atomic mass is 10.0. The monoisotopic (exact) mass is 334 g/mol. The Morgan fingerprint density at radius 1 is 1.38 bits per heavy atom. The van der Waals surface area contributed by atoms with E-state index in [-0.39, 0.29) is 6.04 Å². The number of anilines is 1. The Morgan fingerprint density at radius 2 is 2.25 bits per heavy atom. The zero-order valence-electron chi connectivity index (χ0n) is 14.4. The Labute approximate surface area is 142 Å². The van der Waals surface area contributed by atoms with Gasteiger partial charge in [-0.15, -0.1) is 0 Å². The third-order valence-corrected chi connectivity index (χ3v) is 4.56. The molecule has 0 aromatic carbocycles. The molecule has 1 aliphatic heterocycles. The van der Waals surface area contributed by atoms with Crippen molar-refractivity contribution >= 4 is 5.95 Å². The Bertz CT molecular complexity index is 611. The van der Waals surface area contributed by atoms with Crippen molar-refractivity contribution in [2.24, 2.45) is 0 Å². The molecule has 2 aromatic heterocycles. The van der Waals surface area contributed by atoms with Crippen LogP contribution in [0.25, 0.3) is 0 Å². The SMILES string of the molecule is CN(C)c1noc(CN2CCCCC[C@@H]2C[C@@H](O)c2ccco2)n1. The number of aromatic nitrogens is 2. The van der Waals surface area contributed by atoms with Gasteiger partial charge in [0.25, 0.3) is 5.95 Å². The van der Waals surface area contributed by atoms with Crippen LogP contribution < -0.4 is 4.90 Å². The summed E-state index contributed by atoms with van der Waals surface area (Å²) in [5, 5.41) is 14.4. The fraction of sp³-hybridized carbons (Fsp3) is 0.647. The van der Waals surface area contributed by atoms with Crippen LogP contribution >= 0.6 is 0 Å². The van der Waals surface area contributed by atoms with Gasteiger partial charge in [-0.2, -0.15) is 4.98 Å². The number of furan rings is 1. The van der Waals surface area contributed by atoms with Crippen molar-refractivity contribution in [1.82, 2.24) is 15.0 Å². The summed E-state index contributed by atoms with van der Waals surface area (Å²) in [6.45, 7) is 1.60. The van der Waals surface area contributed by atoms with E-state index in [1.807, 2.05) is 31.1 Å². The lowest BCUT2D eigenvalue weighted by molar-refractivity contribution is 0.0779. The third kappa shape index (κ3) is 4.15. The molecule has 24 heavy (non-hydrogen) atoms. The lowest BCUT2D eigenvalue weighted by Crippen LogP contribution is -2.35. The van der Waals surface area contributed by atoms with Gasteiger partial charge in [0.05, 0.1) is 12.8 Å². The second-order valence-corrected chi connectivity index (χ2v) is 6.62.